The number of hydrogen-bond donors (Lipinski definition) is 2. The van der Waals surface area contributed by atoms with Crippen molar-refractivity contribution in [2.24, 2.45) is 0 Å². The lowest BCUT2D eigenvalue weighted by molar-refractivity contribution is -0.133. The lowest BCUT2D eigenvalue weighted by atomic mass is 10.1. The highest BCUT2D eigenvalue weighted by atomic mass is 35.5. The zero-order chi connectivity index (χ0) is 18.8. The van der Waals surface area contributed by atoms with E-state index >= 15 is 0 Å². The summed E-state index contributed by atoms with van der Waals surface area (Å²) >= 11 is 6.97. The Balaban J connectivity index is 1.76. The highest BCUT2D eigenvalue weighted by molar-refractivity contribution is 7.99. The molecule has 1 atom stereocenters. The van der Waals surface area contributed by atoms with Crippen LogP contribution >= 0.6 is 23.4 Å². The number of benzene rings is 2. The van der Waals surface area contributed by atoms with Gasteiger partial charge in [-0.3, -0.25) is 4.79 Å². The zero-order valence-electron chi connectivity index (χ0n) is 13.8. The van der Waals surface area contributed by atoms with Crippen LogP contribution in [0.5, 0.6) is 5.88 Å². The number of carboxylic acids is 1. The van der Waals surface area contributed by atoms with Crippen molar-refractivity contribution in [3.05, 3.63) is 59.1 Å². The molecule has 9 heteroatoms. The van der Waals surface area contributed by atoms with Crippen LogP contribution in [0.25, 0.3) is 11.3 Å². The summed E-state index contributed by atoms with van der Waals surface area (Å²) in [6, 6.07) is 14.9. The fraction of sp³-hybridized carbons (Fsp3) is 0.111. The first-order valence-electron chi connectivity index (χ1n) is 7.97. The molecule has 4 rings (SSSR count). The van der Waals surface area contributed by atoms with Crippen molar-refractivity contribution < 1.29 is 14.6 Å². The minimum atomic E-state index is -0.953. The third-order valence-corrected chi connectivity index (χ3v) is 4.91. The SMILES string of the molecule is O=C(O)CSc1nnc2c(n1)OC(c1ccc(Cl)cc1)Nc1ccccc1-2. The molecule has 2 heterocycles. The monoisotopic (exact) mass is 400 g/mol. The first kappa shape index (κ1) is 17.6. The van der Waals surface area contributed by atoms with E-state index in [2.05, 4.69) is 20.5 Å². The Kier molecular flexibility index (Phi) is 4.83. The van der Waals surface area contributed by atoms with Crippen LogP contribution in [0.1, 0.15) is 11.8 Å². The summed E-state index contributed by atoms with van der Waals surface area (Å²) in [6.45, 7) is 0. The van der Waals surface area contributed by atoms with Crippen LogP contribution in [0.3, 0.4) is 0 Å². The molecule has 1 aliphatic rings. The lowest BCUT2D eigenvalue weighted by Gasteiger charge is -2.19. The van der Waals surface area contributed by atoms with Crippen molar-refractivity contribution in [3.63, 3.8) is 0 Å². The van der Waals surface area contributed by atoms with E-state index < -0.39 is 12.2 Å². The number of aliphatic carboxylic acids is 1. The molecule has 2 aromatic carbocycles. The van der Waals surface area contributed by atoms with E-state index in [0.29, 0.717) is 10.7 Å². The molecule has 3 aromatic rings. The second-order valence-corrected chi connectivity index (χ2v) is 7.05. The number of ether oxygens (including phenoxy) is 1. The highest BCUT2D eigenvalue weighted by Crippen LogP contribution is 2.39. The number of carbonyl (C=O) groups is 1. The lowest BCUT2D eigenvalue weighted by Crippen LogP contribution is -2.17. The summed E-state index contributed by atoms with van der Waals surface area (Å²) in [6.07, 6.45) is -0.515. The molecule has 0 saturated heterocycles. The molecule has 0 fully saturated rings. The number of nitrogens with one attached hydrogen (secondary N) is 1. The van der Waals surface area contributed by atoms with E-state index in [1.54, 1.807) is 12.1 Å². The third kappa shape index (κ3) is 3.81. The van der Waals surface area contributed by atoms with Gasteiger partial charge < -0.3 is 15.2 Å². The van der Waals surface area contributed by atoms with Crippen LogP contribution < -0.4 is 10.1 Å². The maximum absolute atomic E-state index is 10.8. The minimum Gasteiger partial charge on any atom is -0.481 e. The number of halogens is 1. The summed E-state index contributed by atoms with van der Waals surface area (Å²) in [5.74, 6) is -0.823. The van der Waals surface area contributed by atoms with Crippen LogP contribution in [0.2, 0.25) is 5.02 Å². The van der Waals surface area contributed by atoms with Crippen molar-refractivity contribution in [2.45, 2.75) is 11.4 Å². The summed E-state index contributed by atoms with van der Waals surface area (Å²) in [5, 5.41) is 21.3. The zero-order valence-corrected chi connectivity index (χ0v) is 15.4. The van der Waals surface area contributed by atoms with Gasteiger partial charge in [-0.15, -0.1) is 10.2 Å². The fourth-order valence-corrected chi connectivity index (χ4v) is 3.25. The summed E-state index contributed by atoms with van der Waals surface area (Å²) in [5.41, 5.74) is 2.99. The molecule has 27 heavy (non-hydrogen) atoms. The Hall–Kier alpha value is -2.84. The molecule has 1 unspecified atom stereocenters. The van der Waals surface area contributed by atoms with E-state index in [-0.39, 0.29) is 16.8 Å². The summed E-state index contributed by atoms with van der Waals surface area (Å²) < 4.78 is 6.08. The molecule has 0 amide bonds. The van der Waals surface area contributed by atoms with Crippen molar-refractivity contribution in [1.29, 1.82) is 0 Å². The first-order chi connectivity index (χ1) is 13.1. The average molecular weight is 401 g/mol. The highest BCUT2D eigenvalue weighted by Gasteiger charge is 2.26. The number of aromatic nitrogens is 3. The Morgan fingerprint density at radius 2 is 1.96 bits per heavy atom. The van der Waals surface area contributed by atoms with Gasteiger partial charge in [0, 0.05) is 21.8 Å². The van der Waals surface area contributed by atoms with E-state index in [1.165, 1.54) is 0 Å². The number of thioether (sulfide) groups is 1. The molecule has 0 spiro atoms. The Morgan fingerprint density at radius 1 is 1.19 bits per heavy atom. The number of nitrogens with zero attached hydrogens (tertiary/aromatic N) is 3. The number of para-hydroxylation sites is 1. The van der Waals surface area contributed by atoms with Gasteiger partial charge in [-0.2, -0.15) is 4.98 Å². The van der Waals surface area contributed by atoms with E-state index in [4.69, 9.17) is 21.4 Å². The van der Waals surface area contributed by atoms with Gasteiger partial charge in [-0.1, -0.05) is 53.7 Å². The Labute approximate surface area is 163 Å². The number of rotatable bonds is 4. The predicted octanol–water partition coefficient (Wildman–Crippen LogP) is 3.87. The third-order valence-electron chi connectivity index (χ3n) is 3.83. The van der Waals surface area contributed by atoms with Crippen LogP contribution in [0.4, 0.5) is 5.69 Å². The van der Waals surface area contributed by atoms with Crippen molar-refractivity contribution in [2.75, 3.05) is 11.1 Å². The molecule has 7 nitrogen and oxygen atoms in total. The van der Waals surface area contributed by atoms with Crippen LogP contribution in [0, 0.1) is 0 Å². The summed E-state index contributed by atoms with van der Waals surface area (Å²) in [7, 11) is 0. The van der Waals surface area contributed by atoms with E-state index in [0.717, 1.165) is 28.6 Å². The summed E-state index contributed by atoms with van der Waals surface area (Å²) in [4.78, 5) is 15.2. The molecular weight excluding hydrogens is 388 g/mol. The topological polar surface area (TPSA) is 97.2 Å². The molecule has 1 aliphatic heterocycles. The smallest absolute Gasteiger partial charge is 0.313 e. The maximum atomic E-state index is 10.8. The van der Waals surface area contributed by atoms with Crippen LogP contribution in [-0.2, 0) is 4.79 Å². The van der Waals surface area contributed by atoms with Gasteiger partial charge >= 0.3 is 5.97 Å². The normalized spacial score (nSPS) is 14.9. The molecule has 2 N–H and O–H groups in total. The molecule has 0 radical (unpaired) electrons. The predicted molar refractivity (Wildman–Crippen MR) is 102 cm³/mol. The van der Waals surface area contributed by atoms with Gasteiger partial charge in [0.25, 0.3) is 0 Å². The average Bonchev–Trinajstić information content (AvgIpc) is 2.83. The van der Waals surface area contributed by atoms with Gasteiger partial charge in [0.2, 0.25) is 11.0 Å². The number of fused-ring (bicyclic) bond motifs is 3. The first-order valence-corrected chi connectivity index (χ1v) is 9.34. The molecule has 0 bridgehead atoms. The molecular formula is C18H13ClN4O3S. The molecule has 0 aliphatic carbocycles. The number of anilines is 1. The minimum absolute atomic E-state index is 0.157. The van der Waals surface area contributed by atoms with Crippen LogP contribution in [0.15, 0.2) is 53.7 Å². The number of carboxylic acid groups (broad SMARTS) is 1. The van der Waals surface area contributed by atoms with Crippen molar-refractivity contribution in [3.8, 4) is 17.1 Å². The largest absolute Gasteiger partial charge is 0.481 e. The van der Waals surface area contributed by atoms with E-state index in [9.17, 15) is 4.79 Å². The van der Waals surface area contributed by atoms with Gasteiger partial charge in [0.15, 0.2) is 11.9 Å². The van der Waals surface area contributed by atoms with Gasteiger partial charge in [0.05, 0.1) is 5.75 Å². The van der Waals surface area contributed by atoms with Gasteiger partial charge in [-0.05, 0) is 18.2 Å². The van der Waals surface area contributed by atoms with Gasteiger partial charge in [0.1, 0.15) is 0 Å². The standard InChI is InChI=1S/C18H13ClN4O3S/c19-11-7-5-10(6-8-11)16-20-13-4-2-1-3-12(13)15-17(26-16)21-18(23-22-15)27-9-14(24)25/h1-8,16,20H,9H2,(H,24,25). The Bertz CT molecular complexity index is 1000. The quantitative estimate of drug-likeness (QED) is 0.637. The van der Waals surface area contributed by atoms with Crippen LogP contribution in [-0.4, -0.2) is 32.0 Å². The van der Waals surface area contributed by atoms with Gasteiger partial charge in [-0.25, -0.2) is 0 Å². The van der Waals surface area contributed by atoms with E-state index in [1.807, 2.05) is 36.4 Å². The second-order valence-electron chi connectivity index (χ2n) is 5.67. The second kappa shape index (κ2) is 7.42. The number of hydrogen-bond acceptors (Lipinski definition) is 7. The fourth-order valence-electron chi connectivity index (χ4n) is 2.62. The van der Waals surface area contributed by atoms with Crippen molar-refractivity contribution >= 4 is 35.0 Å². The van der Waals surface area contributed by atoms with Crippen molar-refractivity contribution in [1.82, 2.24) is 15.2 Å². The molecule has 136 valence electrons. The molecule has 1 aromatic heterocycles. The maximum Gasteiger partial charge on any atom is 0.313 e. The Morgan fingerprint density at radius 3 is 2.74 bits per heavy atom. The molecule has 0 saturated carbocycles.